The first-order valence-electron chi connectivity index (χ1n) is 6.49. The molecule has 0 saturated carbocycles. The summed E-state index contributed by atoms with van der Waals surface area (Å²) < 4.78 is 29.0. The van der Waals surface area contributed by atoms with Crippen LogP contribution >= 0.6 is 0 Å². The maximum absolute atomic E-state index is 11.9. The Hall–Kier alpha value is -0.525. The zero-order valence-electron chi connectivity index (χ0n) is 11.5. The molecular formula is C17H15O3RbS. The maximum atomic E-state index is 11.9. The van der Waals surface area contributed by atoms with Crippen LogP contribution in [0.3, 0.4) is 0 Å². The predicted octanol–water partition coefficient (Wildman–Crippen LogP) is 3.59. The fourth-order valence-electron chi connectivity index (χ4n) is 2.27. The van der Waals surface area contributed by atoms with Crippen LogP contribution in [0.25, 0.3) is 21.5 Å². The Bertz CT molecular complexity index is 962. The van der Waals surface area contributed by atoms with E-state index in [2.05, 4.69) is 6.58 Å². The van der Waals surface area contributed by atoms with Crippen LogP contribution in [0, 0.1) is 0 Å². The third kappa shape index (κ3) is 3.36. The predicted molar refractivity (Wildman–Crippen MR) is 93.0 cm³/mol. The number of hydrogen-bond donors (Lipinski definition) is 0. The molecule has 0 spiro atoms. The fraction of sp³-hybridized carbons (Fsp3) is 0.0588. The Kier molecular flexibility index (Phi) is 5.61. The molecule has 108 valence electrons. The molecule has 3 aromatic carbocycles. The molecule has 0 heterocycles. The summed E-state index contributed by atoms with van der Waals surface area (Å²) in [6.07, 6.45) is 0. The van der Waals surface area contributed by atoms with Gasteiger partial charge in [0.05, 0.1) is 4.91 Å². The first-order chi connectivity index (χ1) is 9.99. The molecule has 0 bridgehead atoms. The molecule has 0 fully saturated rings. The van der Waals surface area contributed by atoms with Gasteiger partial charge >= 0.3 is 68.3 Å². The summed E-state index contributed by atoms with van der Waals surface area (Å²) in [5.74, 6) is 0.321. The summed E-state index contributed by atoms with van der Waals surface area (Å²) in [5, 5.41) is 3.89. The van der Waals surface area contributed by atoms with Gasteiger partial charge in [0.1, 0.15) is 0 Å². The molecule has 0 aromatic heterocycles. The Labute approximate surface area is 178 Å². The molecule has 0 aliphatic rings. The number of benzene rings is 3. The Balaban J connectivity index is 0.00000176. The normalized spacial score (nSPS) is 11.1. The zero-order chi connectivity index (χ0) is 15.0. The average molecular weight is 385 g/mol. The van der Waals surface area contributed by atoms with E-state index in [4.69, 9.17) is 4.18 Å². The number of fused-ring (bicyclic) bond motifs is 3. The van der Waals surface area contributed by atoms with Crippen molar-refractivity contribution in [3.05, 3.63) is 66.1 Å². The Morgan fingerprint density at radius 2 is 1.59 bits per heavy atom. The van der Waals surface area contributed by atoms with E-state index in [1.165, 1.54) is 6.92 Å². The van der Waals surface area contributed by atoms with Crippen LogP contribution in [0.1, 0.15) is 6.92 Å². The summed E-state index contributed by atoms with van der Waals surface area (Å²) in [7, 11) is -3.79. The second-order valence-electron chi connectivity index (χ2n) is 4.88. The van der Waals surface area contributed by atoms with Gasteiger partial charge in [-0.15, -0.1) is 0 Å². The van der Waals surface area contributed by atoms with Crippen LogP contribution < -0.4 is 4.18 Å². The quantitative estimate of drug-likeness (QED) is 0.512. The summed E-state index contributed by atoms with van der Waals surface area (Å²) in [4.78, 5) is -0.0136. The summed E-state index contributed by atoms with van der Waals surface area (Å²) in [6, 6.07) is 17.2. The van der Waals surface area contributed by atoms with Crippen molar-refractivity contribution in [3.63, 3.8) is 0 Å². The Morgan fingerprint density at radius 1 is 0.909 bits per heavy atom. The van der Waals surface area contributed by atoms with E-state index in [-0.39, 0.29) is 63.1 Å². The molecule has 0 N–H and O–H groups in total. The molecule has 0 atom stereocenters. The van der Waals surface area contributed by atoms with Crippen LogP contribution in [0.2, 0.25) is 0 Å². The standard InChI is InChI=1S/C17H14O3S.Rb.H/c1-12(2)21(18,19)20-17-9-5-8-15-14-7-4-3-6-13(14)10-11-16(15)17;;/h3-11H,1H2,2H3;;. The number of hydrogen-bond acceptors (Lipinski definition) is 3. The number of allylic oxidation sites excluding steroid dienone is 1. The first-order valence-corrected chi connectivity index (χ1v) is 7.90. The van der Waals surface area contributed by atoms with Crippen molar-refractivity contribution >= 4 is 89.9 Å². The van der Waals surface area contributed by atoms with Crippen molar-refractivity contribution in [3.8, 4) is 5.75 Å². The second-order valence-corrected chi connectivity index (χ2v) is 6.65. The van der Waals surface area contributed by atoms with E-state index in [0.29, 0.717) is 5.75 Å². The van der Waals surface area contributed by atoms with E-state index < -0.39 is 10.1 Å². The van der Waals surface area contributed by atoms with Gasteiger partial charge in [-0.3, -0.25) is 0 Å². The SMILES string of the molecule is C=C(C)S(=O)(=O)Oc1cccc2c1ccc1ccccc12.[RbH]. The van der Waals surface area contributed by atoms with E-state index in [9.17, 15) is 8.42 Å². The van der Waals surface area contributed by atoms with E-state index in [0.717, 1.165) is 21.5 Å². The summed E-state index contributed by atoms with van der Waals surface area (Å²) >= 11 is 0. The summed E-state index contributed by atoms with van der Waals surface area (Å²) in [5.41, 5.74) is 0. The third-order valence-electron chi connectivity index (χ3n) is 3.37. The van der Waals surface area contributed by atoms with Gasteiger partial charge in [-0.2, -0.15) is 8.42 Å². The minimum atomic E-state index is -3.79. The van der Waals surface area contributed by atoms with Gasteiger partial charge in [-0.1, -0.05) is 49.0 Å². The molecule has 22 heavy (non-hydrogen) atoms. The van der Waals surface area contributed by atoms with Crippen molar-refractivity contribution in [1.82, 2.24) is 0 Å². The van der Waals surface area contributed by atoms with Crippen molar-refractivity contribution in [2.45, 2.75) is 6.92 Å². The monoisotopic (exact) mass is 384 g/mol. The molecule has 0 saturated heterocycles. The topological polar surface area (TPSA) is 43.4 Å². The van der Waals surface area contributed by atoms with Gasteiger partial charge in [0.2, 0.25) is 0 Å². The van der Waals surface area contributed by atoms with Crippen LogP contribution in [0.5, 0.6) is 5.75 Å². The van der Waals surface area contributed by atoms with Crippen molar-refractivity contribution in [2.24, 2.45) is 0 Å². The van der Waals surface area contributed by atoms with E-state index in [1.54, 1.807) is 12.1 Å². The second kappa shape index (κ2) is 6.93. The van der Waals surface area contributed by atoms with Gasteiger partial charge in [0.25, 0.3) is 0 Å². The van der Waals surface area contributed by atoms with Crippen LogP contribution in [-0.2, 0) is 10.1 Å². The van der Waals surface area contributed by atoms with Gasteiger partial charge in [0.15, 0.2) is 5.75 Å². The molecule has 0 unspecified atom stereocenters. The molecule has 0 aliphatic heterocycles. The van der Waals surface area contributed by atoms with Crippen LogP contribution in [0.15, 0.2) is 66.1 Å². The van der Waals surface area contributed by atoms with E-state index >= 15 is 0 Å². The molecule has 3 nitrogen and oxygen atoms in total. The van der Waals surface area contributed by atoms with Crippen LogP contribution in [0.4, 0.5) is 0 Å². The molecule has 5 heteroatoms. The number of rotatable bonds is 3. The molecule has 0 radical (unpaired) electrons. The van der Waals surface area contributed by atoms with Gasteiger partial charge in [-0.05, 0) is 35.2 Å². The Morgan fingerprint density at radius 3 is 2.32 bits per heavy atom. The van der Waals surface area contributed by atoms with Gasteiger partial charge < -0.3 is 4.18 Å². The zero-order valence-corrected chi connectivity index (χ0v) is 12.4. The average Bonchev–Trinajstić information content (AvgIpc) is 2.47. The molecular weight excluding hydrogens is 370 g/mol. The van der Waals surface area contributed by atoms with Gasteiger partial charge in [-0.25, -0.2) is 0 Å². The fourth-order valence-corrected chi connectivity index (χ4v) is 2.80. The van der Waals surface area contributed by atoms with Crippen molar-refractivity contribution in [2.75, 3.05) is 0 Å². The molecule has 0 amide bonds. The summed E-state index contributed by atoms with van der Waals surface area (Å²) in [6.45, 7) is 4.85. The van der Waals surface area contributed by atoms with Crippen LogP contribution in [-0.4, -0.2) is 66.6 Å². The van der Waals surface area contributed by atoms with Gasteiger partial charge in [0, 0.05) is 5.39 Å². The third-order valence-corrected chi connectivity index (χ3v) is 4.63. The molecule has 3 aromatic rings. The first kappa shape index (κ1) is 17.8. The molecule has 3 rings (SSSR count). The minimum absolute atomic E-state index is 0. The van der Waals surface area contributed by atoms with Crippen molar-refractivity contribution in [1.29, 1.82) is 0 Å². The molecule has 0 aliphatic carbocycles. The van der Waals surface area contributed by atoms with Crippen molar-refractivity contribution < 1.29 is 12.6 Å². The van der Waals surface area contributed by atoms with E-state index in [1.807, 2.05) is 42.5 Å².